The number of carbonyl (C=O) groups is 1. The highest BCUT2D eigenvalue weighted by molar-refractivity contribution is 9.11. The molecule has 3 aromatic carbocycles. The van der Waals surface area contributed by atoms with Gasteiger partial charge in [-0.2, -0.15) is 0 Å². The van der Waals surface area contributed by atoms with Crippen LogP contribution in [0.1, 0.15) is 54.9 Å². The minimum atomic E-state index is -0.155. The quantitative estimate of drug-likeness (QED) is 0.221. The number of carbonyl (C=O) groups excluding carboxylic acids is 1. The van der Waals surface area contributed by atoms with Crippen molar-refractivity contribution in [1.29, 1.82) is 0 Å². The summed E-state index contributed by atoms with van der Waals surface area (Å²) >= 11 is 7.24. The zero-order chi connectivity index (χ0) is 24.8. The second-order valence-electron chi connectivity index (χ2n) is 8.59. The van der Waals surface area contributed by atoms with E-state index in [-0.39, 0.29) is 29.8 Å². The van der Waals surface area contributed by atoms with Gasteiger partial charge in [0.1, 0.15) is 18.1 Å². The Kier molecular flexibility index (Phi) is 9.03. The first-order valence-electron chi connectivity index (χ1n) is 11.1. The molecule has 0 amide bonds. The highest BCUT2D eigenvalue weighted by Crippen LogP contribution is 2.34. The Hall–Kier alpha value is -2.51. The maximum absolute atomic E-state index is 12.3. The summed E-state index contributed by atoms with van der Waals surface area (Å²) in [6.45, 7) is 4.08. The fourth-order valence-corrected chi connectivity index (χ4v) is 5.09. The number of phenolic OH excluding ortho intramolecular Hbond substituents is 3. The van der Waals surface area contributed by atoms with Crippen molar-refractivity contribution >= 4 is 37.6 Å². The molecule has 0 spiro atoms. The van der Waals surface area contributed by atoms with E-state index >= 15 is 0 Å². The van der Waals surface area contributed by atoms with Crippen LogP contribution >= 0.6 is 31.9 Å². The fourth-order valence-electron chi connectivity index (χ4n) is 3.66. The Balaban J connectivity index is 1.55. The summed E-state index contributed by atoms with van der Waals surface area (Å²) in [6.07, 6.45) is 2.29. The second-order valence-corrected chi connectivity index (χ2v) is 10.3. The molecule has 7 heteroatoms. The van der Waals surface area contributed by atoms with Gasteiger partial charge in [-0.15, -0.1) is 0 Å². The number of hydrogen-bond acceptors (Lipinski definition) is 5. The van der Waals surface area contributed by atoms with Crippen molar-refractivity contribution in [2.45, 2.75) is 45.4 Å². The molecule has 0 heterocycles. The van der Waals surface area contributed by atoms with Crippen molar-refractivity contribution in [1.82, 2.24) is 0 Å². The van der Waals surface area contributed by atoms with Crippen molar-refractivity contribution in [3.8, 4) is 23.0 Å². The molecule has 0 unspecified atom stereocenters. The summed E-state index contributed by atoms with van der Waals surface area (Å²) in [6, 6.07) is 14.1. The van der Waals surface area contributed by atoms with E-state index in [0.717, 1.165) is 31.2 Å². The molecule has 3 aromatic rings. The van der Waals surface area contributed by atoms with Gasteiger partial charge in [0.2, 0.25) is 0 Å². The van der Waals surface area contributed by atoms with Crippen LogP contribution in [0, 0.1) is 0 Å². The predicted octanol–water partition coefficient (Wildman–Crippen LogP) is 7.01. The van der Waals surface area contributed by atoms with E-state index in [2.05, 4.69) is 45.7 Å². The van der Waals surface area contributed by atoms with Crippen molar-refractivity contribution in [2.24, 2.45) is 0 Å². The summed E-state index contributed by atoms with van der Waals surface area (Å²) in [5, 5.41) is 29.0. The number of ketones is 1. The number of hydrogen-bond donors (Lipinski definition) is 3. The Morgan fingerprint density at radius 1 is 0.882 bits per heavy atom. The molecule has 0 aliphatic carbocycles. The number of ether oxygens (including phenoxy) is 1. The molecular formula is C27H28Br2O5. The van der Waals surface area contributed by atoms with Gasteiger partial charge in [0.05, 0.1) is 0 Å². The zero-order valence-electron chi connectivity index (χ0n) is 19.1. The molecule has 0 saturated carbocycles. The van der Waals surface area contributed by atoms with E-state index in [9.17, 15) is 20.1 Å². The first-order valence-corrected chi connectivity index (χ1v) is 12.7. The van der Waals surface area contributed by atoms with E-state index in [0.29, 0.717) is 37.2 Å². The average Bonchev–Trinajstić information content (AvgIpc) is 2.78. The van der Waals surface area contributed by atoms with Crippen LogP contribution in [0.3, 0.4) is 0 Å². The minimum Gasteiger partial charge on any atom is -0.508 e. The Labute approximate surface area is 216 Å². The third-order valence-corrected chi connectivity index (χ3v) is 6.99. The fraction of sp³-hybridized carbons (Fsp3) is 0.296. The van der Waals surface area contributed by atoms with Crippen LogP contribution in [-0.2, 0) is 17.6 Å². The Morgan fingerprint density at radius 2 is 1.53 bits per heavy atom. The molecule has 0 bridgehead atoms. The number of aryl methyl sites for hydroxylation is 1. The zero-order valence-corrected chi connectivity index (χ0v) is 22.3. The largest absolute Gasteiger partial charge is 0.508 e. The van der Waals surface area contributed by atoms with Crippen LogP contribution in [0.4, 0.5) is 0 Å². The molecule has 0 aromatic heterocycles. The maximum Gasteiger partial charge on any atom is 0.170 e. The normalized spacial score (nSPS) is 11.1. The van der Waals surface area contributed by atoms with Crippen LogP contribution in [0.5, 0.6) is 23.0 Å². The Bertz CT molecular complexity index is 1150. The third-order valence-electron chi connectivity index (χ3n) is 5.57. The topological polar surface area (TPSA) is 87.0 Å². The van der Waals surface area contributed by atoms with Crippen LogP contribution in [-0.4, -0.2) is 27.7 Å². The predicted molar refractivity (Wildman–Crippen MR) is 140 cm³/mol. The number of Topliss-reactive ketones (excluding diaryl/α,β-unsaturated/α-hetero) is 1. The summed E-state index contributed by atoms with van der Waals surface area (Å²) in [5.74, 6) is 0.815. The van der Waals surface area contributed by atoms with E-state index in [1.165, 1.54) is 12.1 Å². The maximum atomic E-state index is 12.3. The Morgan fingerprint density at radius 3 is 2.18 bits per heavy atom. The molecule has 0 fully saturated rings. The van der Waals surface area contributed by atoms with E-state index in [1.807, 2.05) is 24.3 Å². The standard InChI is InChI=1S/C27H28Br2O5/c1-16(2)21-10-18(7-8-25(21)31)11-22-23(28)13-20(14-24(22)29)34-15-19(30)5-3-4-17-6-9-26(32)27(33)12-17/h6-10,12-14,16,31-33H,3-5,11,15H2,1-2H3. The van der Waals surface area contributed by atoms with Gasteiger partial charge in [-0.1, -0.05) is 63.9 Å². The summed E-state index contributed by atoms with van der Waals surface area (Å²) in [7, 11) is 0. The van der Waals surface area contributed by atoms with Gasteiger partial charge >= 0.3 is 0 Å². The first kappa shape index (κ1) is 26.1. The van der Waals surface area contributed by atoms with Gasteiger partial charge in [0.25, 0.3) is 0 Å². The van der Waals surface area contributed by atoms with E-state index < -0.39 is 0 Å². The molecular weight excluding hydrogens is 564 g/mol. The van der Waals surface area contributed by atoms with Crippen LogP contribution in [0.15, 0.2) is 57.5 Å². The summed E-state index contributed by atoms with van der Waals surface area (Å²) in [4.78, 5) is 12.3. The van der Waals surface area contributed by atoms with Crippen LogP contribution in [0.2, 0.25) is 0 Å². The molecule has 0 aliphatic rings. The van der Waals surface area contributed by atoms with E-state index in [4.69, 9.17) is 4.74 Å². The van der Waals surface area contributed by atoms with Gasteiger partial charge < -0.3 is 20.1 Å². The molecule has 34 heavy (non-hydrogen) atoms. The van der Waals surface area contributed by atoms with E-state index in [1.54, 1.807) is 12.1 Å². The monoisotopic (exact) mass is 590 g/mol. The smallest absolute Gasteiger partial charge is 0.170 e. The van der Waals surface area contributed by atoms with Gasteiger partial charge in [-0.05, 0) is 77.8 Å². The van der Waals surface area contributed by atoms with Crippen LogP contribution < -0.4 is 4.74 Å². The number of aromatic hydroxyl groups is 3. The lowest BCUT2D eigenvalue weighted by molar-refractivity contribution is -0.121. The van der Waals surface area contributed by atoms with Crippen molar-refractivity contribution in [3.63, 3.8) is 0 Å². The third kappa shape index (κ3) is 7.00. The minimum absolute atomic E-state index is 0.00960. The SMILES string of the molecule is CC(C)c1cc(Cc2c(Br)cc(OCC(=O)CCCc3ccc(O)c(O)c3)cc2Br)ccc1O. The molecule has 3 N–H and O–H groups in total. The highest BCUT2D eigenvalue weighted by Gasteiger charge is 2.13. The molecule has 0 aliphatic heterocycles. The van der Waals surface area contributed by atoms with Gasteiger partial charge in [0.15, 0.2) is 17.3 Å². The van der Waals surface area contributed by atoms with Gasteiger partial charge in [-0.3, -0.25) is 4.79 Å². The molecule has 0 atom stereocenters. The lowest BCUT2D eigenvalue weighted by atomic mass is 9.96. The second kappa shape index (κ2) is 11.8. The number of rotatable bonds is 10. The van der Waals surface area contributed by atoms with Crippen LogP contribution in [0.25, 0.3) is 0 Å². The molecule has 5 nitrogen and oxygen atoms in total. The molecule has 3 rings (SSSR count). The van der Waals surface area contributed by atoms with Crippen molar-refractivity contribution < 1.29 is 24.9 Å². The van der Waals surface area contributed by atoms with Crippen molar-refractivity contribution in [2.75, 3.05) is 6.61 Å². The molecule has 0 saturated heterocycles. The van der Waals surface area contributed by atoms with Gasteiger partial charge in [0, 0.05) is 15.4 Å². The van der Waals surface area contributed by atoms with Gasteiger partial charge in [-0.25, -0.2) is 0 Å². The summed E-state index contributed by atoms with van der Waals surface area (Å²) < 4.78 is 7.46. The first-order chi connectivity index (χ1) is 16.1. The number of halogens is 2. The average molecular weight is 592 g/mol. The van der Waals surface area contributed by atoms with Crippen molar-refractivity contribution in [3.05, 3.63) is 79.7 Å². The number of phenols is 3. The molecule has 180 valence electrons. The number of benzene rings is 3. The lowest BCUT2D eigenvalue weighted by Gasteiger charge is -2.14. The highest BCUT2D eigenvalue weighted by atomic mass is 79.9. The summed E-state index contributed by atoms with van der Waals surface area (Å²) in [5.41, 5.74) is 3.93. The lowest BCUT2D eigenvalue weighted by Crippen LogP contribution is -2.11. The molecule has 0 radical (unpaired) electrons.